The fourth-order valence-electron chi connectivity index (χ4n) is 5.10. The second-order valence-corrected chi connectivity index (χ2v) is 10.0. The van der Waals surface area contributed by atoms with Crippen LogP contribution in [0.4, 0.5) is 20.4 Å². The van der Waals surface area contributed by atoms with Gasteiger partial charge in [-0.05, 0) is 74.7 Å². The third kappa shape index (κ3) is 6.79. The van der Waals surface area contributed by atoms with Crippen LogP contribution in [0.3, 0.4) is 0 Å². The number of methoxy groups -OCH3 is 1. The van der Waals surface area contributed by atoms with Gasteiger partial charge in [0, 0.05) is 41.8 Å². The number of rotatable bonds is 10. The van der Waals surface area contributed by atoms with Crippen molar-refractivity contribution in [3.63, 3.8) is 0 Å². The van der Waals surface area contributed by atoms with Crippen LogP contribution in [0.2, 0.25) is 0 Å². The van der Waals surface area contributed by atoms with E-state index in [-0.39, 0.29) is 6.04 Å². The highest BCUT2D eigenvalue weighted by Gasteiger charge is 2.24. The monoisotopic (exact) mass is 543 g/mol. The van der Waals surface area contributed by atoms with Gasteiger partial charge in [0.15, 0.2) is 0 Å². The summed E-state index contributed by atoms with van der Waals surface area (Å²) in [5, 5.41) is 17.3. The Labute approximate surface area is 232 Å². The number of anilines is 2. The minimum absolute atomic E-state index is 0.0522. The molecule has 1 aliphatic rings. The van der Waals surface area contributed by atoms with Gasteiger partial charge in [-0.2, -0.15) is 10.4 Å². The van der Waals surface area contributed by atoms with E-state index in [4.69, 9.17) is 4.74 Å². The van der Waals surface area contributed by atoms with E-state index in [1.54, 1.807) is 19.5 Å². The van der Waals surface area contributed by atoms with Crippen LogP contribution >= 0.6 is 0 Å². The summed E-state index contributed by atoms with van der Waals surface area (Å²) in [7, 11) is 1.63. The van der Waals surface area contributed by atoms with Gasteiger partial charge in [-0.3, -0.25) is 9.58 Å². The number of hydrogen-bond donors (Lipinski definition) is 1. The van der Waals surface area contributed by atoms with Gasteiger partial charge >= 0.3 is 0 Å². The van der Waals surface area contributed by atoms with Crippen molar-refractivity contribution in [2.24, 2.45) is 5.92 Å². The van der Waals surface area contributed by atoms with Gasteiger partial charge in [-0.15, -0.1) is 0 Å². The van der Waals surface area contributed by atoms with Crippen molar-refractivity contribution in [3.05, 3.63) is 84.3 Å². The Bertz CT molecular complexity index is 1460. The first-order chi connectivity index (χ1) is 19.5. The van der Waals surface area contributed by atoms with E-state index in [0.717, 1.165) is 61.1 Å². The molecule has 2 aromatic heterocycles. The third-order valence-electron chi connectivity index (χ3n) is 7.32. The minimum Gasteiger partial charge on any atom is -0.497 e. The molecule has 0 aliphatic carbocycles. The summed E-state index contributed by atoms with van der Waals surface area (Å²) in [4.78, 5) is 11.2. The van der Waals surface area contributed by atoms with Crippen molar-refractivity contribution >= 4 is 11.6 Å². The first-order valence-corrected chi connectivity index (χ1v) is 13.3. The summed E-state index contributed by atoms with van der Waals surface area (Å²) < 4.78 is 34.4. The van der Waals surface area contributed by atoms with E-state index in [9.17, 15) is 14.0 Å². The average molecular weight is 544 g/mol. The van der Waals surface area contributed by atoms with Gasteiger partial charge in [-0.25, -0.2) is 18.7 Å². The zero-order chi connectivity index (χ0) is 27.9. The minimum atomic E-state index is -0.560. The lowest BCUT2D eigenvalue weighted by Gasteiger charge is -2.33. The van der Waals surface area contributed by atoms with Crippen molar-refractivity contribution in [2.45, 2.75) is 38.3 Å². The lowest BCUT2D eigenvalue weighted by atomic mass is 9.89. The molecule has 0 bridgehead atoms. The molecule has 10 heteroatoms. The van der Waals surface area contributed by atoms with Gasteiger partial charge in [0.05, 0.1) is 37.5 Å². The summed E-state index contributed by atoms with van der Waals surface area (Å²) in [6, 6.07) is 15.4. The summed E-state index contributed by atoms with van der Waals surface area (Å²) >= 11 is 0. The van der Waals surface area contributed by atoms with E-state index < -0.39 is 11.6 Å². The maximum absolute atomic E-state index is 14.1. The topological polar surface area (TPSA) is 91.9 Å². The number of nitrogens with one attached hydrogen (secondary N) is 1. The molecule has 0 amide bonds. The second-order valence-electron chi connectivity index (χ2n) is 10.0. The van der Waals surface area contributed by atoms with Gasteiger partial charge in [-0.1, -0.05) is 6.07 Å². The molecule has 0 saturated carbocycles. The number of benzene rings is 2. The Hall–Kier alpha value is -4.36. The van der Waals surface area contributed by atoms with Crippen LogP contribution in [0, 0.1) is 28.9 Å². The molecule has 2 aromatic carbocycles. The predicted molar refractivity (Wildman–Crippen MR) is 148 cm³/mol. The SMILES string of the molecule is COc1ccc(Nc2nccc(-c3cnn(C(CC#N)CC4CCN(Cc5ccc(F)cc5F)CC4)c3)n2)cc1. The molecule has 0 spiro atoms. The van der Waals surface area contributed by atoms with E-state index >= 15 is 0 Å². The highest BCUT2D eigenvalue weighted by Crippen LogP contribution is 2.30. The molecule has 1 atom stereocenters. The highest BCUT2D eigenvalue weighted by atomic mass is 19.1. The van der Waals surface area contributed by atoms with Crippen molar-refractivity contribution in [2.75, 3.05) is 25.5 Å². The van der Waals surface area contributed by atoms with Crippen molar-refractivity contribution in [1.29, 1.82) is 5.26 Å². The molecule has 5 rings (SSSR count). The molecule has 1 N–H and O–H groups in total. The molecule has 1 fully saturated rings. The summed E-state index contributed by atoms with van der Waals surface area (Å²) in [6.07, 6.45) is 8.50. The molecular weight excluding hydrogens is 512 g/mol. The zero-order valence-corrected chi connectivity index (χ0v) is 22.3. The van der Waals surface area contributed by atoms with Gasteiger partial charge in [0.25, 0.3) is 0 Å². The molecule has 4 aromatic rings. The van der Waals surface area contributed by atoms with Crippen LogP contribution in [0.25, 0.3) is 11.3 Å². The van der Waals surface area contributed by atoms with Gasteiger partial charge in [0.2, 0.25) is 5.95 Å². The third-order valence-corrected chi connectivity index (χ3v) is 7.32. The number of aromatic nitrogens is 4. The fraction of sp³-hybridized carbons (Fsp3) is 0.333. The largest absolute Gasteiger partial charge is 0.497 e. The molecule has 8 nitrogen and oxygen atoms in total. The molecule has 1 unspecified atom stereocenters. The first kappa shape index (κ1) is 27.2. The number of piperidine rings is 1. The van der Waals surface area contributed by atoms with Gasteiger partial charge in [0.1, 0.15) is 17.4 Å². The van der Waals surface area contributed by atoms with Gasteiger partial charge < -0.3 is 10.1 Å². The molecule has 206 valence electrons. The zero-order valence-electron chi connectivity index (χ0n) is 22.3. The molecule has 1 saturated heterocycles. The number of halogens is 2. The number of hydrogen-bond acceptors (Lipinski definition) is 7. The first-order valence-electron chi connectivity index (χ1n) is 13.3. The van der Waals surface area contributed by atoms with Crippen molar-refractivity contribution < 1.29 is 13.5 Å². The van der Waals surface area contributed by atoms with Crippen LogP contribution in [0.15, 0.2) is 67.1 Å². The van der Waals surface area contributed by atoms with E-state index in [2.05, 4.69) is 31.4 Å². The second kappa shape index (κ2) is 12.7. The normalized spacial score (nSPS) is 14.9. The molecule has 40 heavy (non-hydrogen) atoms. The lowest BCUT2D eigenvalue weighted by molar-refractivity contribution is 0.158. The van der Waals surface area contributed by atoms with E-state index in [0.29, 0.717) is 30.4 Å². The predicted octanol–water partition coefficient (Wildman–Crippen LogP) is 6.13. The number of nitrogens with zero attached hydrogens (tertiary/aromatic N) is 6. The van der Waals surface area contributed by atoms with Crippen molar-refractivity contribution in [3.8, 4) is 23.1 Å². The maximum Gasteiger partial charge on any atom is 0.227 e. The molecular formula is C30H31F2N7O. The summed E-state index contributed by atoms with van der Waals surface area (Å²) in [5.41, 5.74) is 2.93. The fourth-order valence-corrected chi connectivity index (χ4v) is 5.10. The quantitative estimate of drug-likeness (QED) is 0.257. The maximum atomic E-state index is 14.1. The van der Waals surface area contributed by atoms with Crippen LogP contribution in [0.1, 0.15) is 37.3 Å². The number of likely N-dealkylation sites (tertiary alicyclic amines) is 1. The van der Waals surface area contributed by atoms with E-state index in [1.807, 2.05) is 41.2 Å². The standard InChI is InChI=1S/C30H31F2N7O/c1-40-27-6-4-25(5-7-27)36-30-34-13-9-29(37-30)23-18-35-39(20-23)26(8-12-33)16-21-10-14-38(15-11-21)19-22-2-3-24(31)17-28(22)32/h2-7,9,13,17-18,20-21,26H,8,10-11,14-16,19H2,1H3,(H,34,36,37). The van der Waals surface area contributed by atoms with Crippen LogP contribution in [0.5, 0.6) is 5.75 Å². The van der Waals surface area contributed by atoms with Crippen LogP contribution in [-0.2, 0) is 6.54 Å². The van der Waals surface area contributed by atoms with Crippen LogP contribution < -0.4 is 10.1 Å². The van der Waals surface area contributed by atoms with Crippen LogP contribution in [-0.4, -0.2) is 44.8 Å². The van der Waals surface area contributed by atoms with Crippen molar-refractivity contribution in [1.82, 2.24) is 24.6 Å². The van der Waals surface area contributed by atoms with E-state index in [1.165, 1.54) is 12.1 Å². The number of nitriles is 1. The lowest BCUT2D eigenvalue weighted by Crippen LogP contribution is -2.34. The molecule has 1 aliphatic heterocycles. The average Bonchev–Trinajstić information content (AvgIpc) is 3.46. The Balaban J connectivity index is 1.20. The molecule has 0 radical (unpaired) electrons. The summed E-state index contributed by atoms with van der Waals surface area (Å²) in [5.74, 6) is 0.607. The summed E-state index contributed by atoms with van der Waals surface area (Å²) in [6.45, 7) is 2.13. The Kier molecular flexibility index (Phi) is 8.62. The number of ether oxygens (including phenoxy) is 1. The smallest absolute Gasteiger partial charge is 0.227 e. The highest BCUT2D eigenvalue weighted by molar-refractivity contribution is 5.61. The molecule has 3 heterocycles. The Morgan fingerprint density at radius 3 is 2.65 bits per heavy atom. The Morgan fingerprint density at radius 2 is 1.93 bits per heavy atom. The Morgan fingerprint density at radius 1 is 1.12 bits per heavy atom.